The average molecular weight is 542 g/mol. The van der Waals surface area contributed by atoms with Crippen LogP contribution in [-0.4, -0.2) is 43.8 Å². The third-order valence-electron chi connectivity index (χ3n) is 6.12. The van der Waals surface area contributed by atoms with Crippen LogP contribution in [0, 0.1) is 0 Å². The van der Waals surface area contributed by atoms with E-state index in [1.165, 1.54) is 17.0 Å². The highest BCUT2D eigenvalue weighted by molar-refractivity contribution is 7.92. The minimum absolute atomic E-state index is 0.0433. The molecular formula is C28H32ClN3O4S. The zero-order chi connectivity index (χ0) is 27.0. The van der Waals surface area contributed by atoms with Crippen molar-refractivity contribution in [2.75, 3.05) is 10.8 Å². The predicted octanol–water partition coefficient (Wildman–Crippen LogP) is 4.87. The van der Waals surface area contributed by atoms with Crippen molar-refractivity contribution in [3.63, 3.8) is 0 Å². The van der Waals surface area contributed by atoms with Crippen molar-refractivity contribution in [1.82, 2.24) is 10.2 Å². The number of anilines is 1. The Kier molecular flexibility index (Phi) is 9.72. The van der Waals surface area contributed by atoms with E-state index < -0.39 is 28.5 Å². The fourth-order valence-corrected chi connectivity index (χ4v) is 5.33. The average Bonchev–Trinajstić information content (AvgIpc) is 2.91. The lowest BCUT2D eigenvalue weighted by Gasteiger charge is -2.32. The van der Waals surface area contributed by atoms with E-state index in [9.17, 15) is 18.0 Å². The third-order valence-corrected chi connectivity index (χ3v) is 8.28. The molecule has 0 heterocycles. The highest BCUT2D eigenvalue weighted by Crippen LogP contribution is 2.25. The lowest BCUT2D eigenvalue weighted by Crippen LogP contribution is -2.52. The molecule has 0 aliphatic carbocycles. The molecule has 0 saturated heterocycles. The number of hydrogen-bond acceptors (Lipinski definition) is 4. The minimum atomic E-state index is -4.07. The molecule has 0 spiro atoms. The molecule has 37 heavy (non-hydrogen) atoms. The van der Waals surface area contributed by atoms with Crippen LogP contribution in [0.25, 0.3) is 0 Å². The van der Waals surface area contributed by atoms with Crippen molar-refractivity contribution in [2.24, 2.45) is 0 Å². The zero-order valence-corrected chi connectivity index (χ0v) is 22.7. The van der Waals surface area contributed by atoms with Crippen molar-refractivity contribution in [3.8, 4) is 0 Å². The standard InChI is InChI=1S/C28H32ClN3O4S/c1-4-21(2)30-28(34)22(3)31(19-23-13-11-12-18-26(23)29)27(33)20-32(24-14-7-5-8-15-24)37(35,36)25-16-9-6-10-17-25/h5-18,21-22H,4,19-20H2,1-3H3,(H,30,34). The number of para-hydroxylation sites is 1. The van der Waals surface area contributed by atoms with Crippen LogP contribution in [0.5, 0.6) is 0 Å². The van der Waals surface area contributed by atoms with Gasteiger partial charge in [0.25, 0.3) is 10.0 Å². The Hall–Kier alpha value is -3.36. The van der Waals surface area contributed by atoms with Crippen molar-refractivity contribution < 1.29 is 18.0 Å². The number of rotatable bonds is 11. The first-order chi connectivity index (χ1) is 17.6. The first kappa shape index (κ1) is 28.2. The topological polar surface area (TPSA) is 86.8 Å². The number of halogens is 1. The molecule has 2 atom stereocenters. The van der Waals surface area contributed by atoms with E-state index in [1.807, 2.05) is 13.8 Å². The summed E-state index contributed by atoms with van der Waals surface area (Å²) in [5, 5.41) is 3.36. The fourth-order valence-electron chi connectivity index (χ4n) is 3.70. The summed E-state index contributed by atoms with van der Waals surface area (Å²) in [7, 11) is -4.07. The Bertz CT molecular complexity index is 1300. The van der Waals surface area contributed by atoms with Crippen LogP contribution in [0.2, 0.25) is 5.02 Å². The van der Waals surface area contributed by atoms with Gasteiger partial charge in [-0.1, -0.05) is 73.1 Å². The van der Waals surface area contributed by atoms with Gasteiger partial charge in [0.15, 0.2) is 0 Å². The molecule has 0 fully saturated rings. The smallest absolute Gasteiger partial charge is 0.264 e. The molecule has 3 aromatic carbocycles. The highest BCUT2D eigenvalue weighted by Gasteiger charge is 2.32. The molecule has 2 unspecified atom stereocenters. The predicted molar refractivity (Wildman–Crippen MR) is 147 cm³/mol. The molecule has 0 aliphatic rings. The Balaban J connectivity index is 2.00. The number of carbonyl (C=O) groups is 2. The number of amides is 2. The summed E-state index contributed by atoms with van der Waals surface area (Å²) < 4.78 is 28.4. The summed E-state index contributed by atoms with van der Waals surface area (Å²) in [5.41, 5.74) is 0.993. The summed E-state index contributed by atoms with van der Waals surface area (Å²) in [4.78, 5) is 28.3. The van der Waals surface area contributed by atoms with Crippen LogP contribution in [0.1, 0.15) is 32.8 Å². The van der Waals surface area contributed by atoms with Gasteiger partial charge in [-0.05, 0) is 56.2 Å². The van der Waals surface area contributed by atoms with Gasteiger partial charge in [0.05, 0.1) is 10.6 Å². The Labute approximate surface area is 224 Å². The second-order valence-corrected chi connectivity index (χ2v) is 11.0. The summed E-state index contributed by atoms with van der Waals surface area (Å²) in [6.45, 7) is 5.02. The Morgan fingerprint density at radius 2 is 1.46 bits per heavy atom. The van der Waals surface area contributed by atoms with E-state index in [1.54, 1.807) is 79.7 Å². The largest absolute Gasteiger partial charge is 0.352 e. The molecule has 0 bridgehead atoms. The van der Waals surface area contributed by atoms with Gasteiger partial charge >= 0.3 is 0 Å². The van der Waals surface area contributed by atoms with Gasteiger partial charge in [0.2, 0.25) is 11.8 Å². The number of nitrogens with one attached hydrogen (secondary N) is 1. The fraction of sp³-hybridized carbons (Fsp3) is 0.286. The lowest BCUT2D eigenvalue weighted by molar-refractivity contribution is -0.139. The Morgan fingerprint density at radius 3 is 2.05 bits per heavy atom. The zero-order valence-electron chi connectivity index (χ0n) is 21.2. The van der Waals surface area contributed by atoms with Crippen LogP contribution in [0.15, 0.2) is 89.8 Å². The van der Waals surface area contributed by atoms with E-state index in [0.29, 0.717) is 16.3 Å². The van der Waals surface area contributed by atoms with E-state index in [2.05, 4.69) is 5.32 Å². The summed E-state index contributed by atoms with van der Waals surface area (Å²) in [6, 6.07) is 22.5. The van der Waals surface area contributed by atoms with Gasteiger partial charge in [-0.3, -0.25) is 13.9 Å². The summed E-state index contributed by atoms with van der Waals surface area (Å²) >= 11 is 6.37. The molecule has 196 valence electrons. The molecule has 9 heteroatoms. The number of nitrogens with zero attached hydrogens (tertiary/aromatic N) is 2. The van der Waals surface area contributed by atoms with Crippen molar-refractivity contribution in [3.05, 3.63) is 95.5 Å². The number of sulfonamides is 1. The molecule has 2 amide bonds. The minimum Gasteiger partial charge on any atom is -0.352 e. The van der Waals surface area contributed by atoms with Crippen LogP contribution in [0.3, 0.4) is 0 Å². The number of carbonyl (C=O) groups excluding carboxylic acids is 2. The van der Waals surface area contributed by atoms with Crippen molar-refractivity contribution in [1.29, 1.82) is 0 Å². The van der Waals surface area contributed by atoms with E-state index in [-0.39, 0.29) is 23.4 Å². The summed E-state index contributed by atoms with van der Waals surface area (Å²) in [6.07, 6.45) is 0.730. The monoisotopic (exact) mass is 541 g/mol. The van der Waals surface area contributed by atoms with Crippen LogP contribution in [-0.2, 0) is 26.2 Å². The second kappa shape index (κ2) is 12.7. The van der Waals surface area contributed by atoms with Gasteiger partial charge in [-0.2, -0.15) is 0 Å². The molecule has 1 N–H and O–H groups in total. The molecule has 3 aromatic rings. The molecule has 0 radical (unpaired) electrons. The molecular weight excluding hydrogens is 510 g/mol. The van der Waals surface area contributed by atoms with Gasteiger partial charge in [-0.15, -0.1) is 0 Å². The Morgan fingerprint density at radius 1 is 0.892 bits per heavy atom. The van der Waals surface area contributed by atoms with Crippen LogP contribution < -0.4 is 9.62 Å². The van der Waals surface area contributed by atoms with Gasteiger partial charge in [0.1, 0.15) is 12.6 Å². The molecule has 3 rings (SSSR count). The van der Waals surface area contributed by atoms with Gasteiger partial charge < -0.3 is 10.2 Å². The SMILES string of the molecule is CCC(C)NC(=O)C(C)N(Cc1ccccc1Cl)C(=O)CN(c1ccccc1)S(=O)(=O)c1ccccc1. The normalized spacial score (nSPS) is 12.9. The van der Waals surface area contributed by atoms with Gasteiger partial charge in [-0.25, -0.2) is 8.42 Å². The first-order valence-corrected chi connectivity index (χ1v) is 13.9. The maximum absolute atomic E-state index is 13.8. The number of hydrogen-bond donors (Lipinski definition) is 1. The molecule has 7 nitrogen and oxygen atoms in total. The third kappa shape index (κ3) is 7.11. The highest BCUT2D eigenvalue weighted by atomic mass is 35.5. The van der Waals surface area contributed by atoms with E-state index in [0.717, 1.165) is 10.7 Å². The van der Waals surface area contributed by atoms with E-state index in [4.69, 9.17) is 11.6 Å². The molecule has 0 saturated carbocycles. The lowest BCUT2D eigenvalue weighted by atomic mass is 10.1. The summed E-state index contributed by atoms with van der Waals surface area (Å²) in [5.74, 6) is -0.859. The second-order valence-electron chi connectivity index (χ2n) is 8.77. The quantitative estimate of drug-likeness (QED) is 0.375. The van der Waals surface area contributed by atoms with E-state index >= 15 is 0 Å². The maximum Gasteiger partial charge on any atom is 0.264 e. The number of benzene rings is 3. The van der Waals surface area contributed by atoms with Gasteiger partial charge in [0, 0.05) is 17.6 Å². The van der Waals surface area contributed by atoms with Crippen LogP contribution >= 0.6 is 11.6 Å². The van der Waals surface area contributed by atoms with Crippen molar-refractivity contribution >= 4 is 39.1 Å². The first-order valence-electron chi connectivity index (χ1n) is 12.1. The van der Waals surface area contributed by atoms with Crippen LogP contribution in [0.4, 0.5) is 5.69 Å². The van der Waals surface area contributed by atoms with Crippen molar-refractivity contribution in [2.45, 2.75) is 50.7 Å². The maximum atomic E-state index is 13.8. The molecule has 0 aliphatic heterocycles. The molecule has 0 aromatic heterocycles.